The number of nitrogens with one attached hydrogen (secondary N) is 1. The van der Waals surface area contributed by atoms with Crippen molar-refractivity contribution in [1.82, 2.24) is 10.2 Å². The molecule has 1 N–H and O–H groups in total. The van der Waals surface area contributed by atoms with Crippen molar-refractivity contribution in [2.24, 2.45) is 5.92 Å². The zero-order valence-electron chi connectivity index (χ0n) is 16.7. The number of anilines is 2. The standard InChI is InChI=1S/C23H26N4O2/c1-17-13-15-27(16-14-17)20-9-7-19(8-10-20)24-21(28)11-12-22-25-26-23(29-22)18-5-3-2-4-6-18/h2-10,17H,11-16H2,1H3,(H,24,28). The lowest BCUT2D eigenvalue weighted by Crippen LogP contribution is -2.32. The molecule has 0 aliphatic carbocycles. The molecule has 0 unspecified atom stereocenters. The van der Waals surface area contributed by atoms with Gasteiger partial charge in [-0.2, -0.15) is 0 Å². The van der Waals surface area contributed by atoms with E-state index >= 15 is 0 Å². The van der Waals surface area contributed by atoms with Crippen molar-refractivity contribution in [2.75, 3.05) is 23.3 Å². The predicted molar refractivity (Wildman–Crippen MR) is 114 cm³/mol. The van der Waals surface area contributed by atoms with Crippen LogP contribution in [0.2, 0.25) is 0 Å². The SMILES string of the molecule is CC1CCN(c2ccc(NC(=O)CCc3nnc(-c4ccccc4)o3)cc2)CC1. The van der Waals surface area contributed by atoms with Crippen LogP contribution in [0.1, 0.15) is 32.1 Å². The molecule has 3 aromatic rings. The summed E-state index contributed by atoms with van der Waals surface area (Å²) in [6.45, 7) is 4.51. The fourth-order valence-corrected chi connectivity index (χ4v) is 3.52. The van der Waals surface area contributed by atoms with Crippen molar-refractivity contribution < 1.29 is 9.21 Å². The molecule has 2 heterocycles. The number of carbonyl (C=O) groups is 1. The first kappa shape index (κ1) is 19.2. The van der Waals surface area contributed by atoms with Crippen molar-refractivity contribution in [1.29, 1.82) is 0 Å². The summed E-state index contributed by atoms with van der Waals surface area (Å²) in [4.78, 5) is 14.7. The van der Waals surface area contributed by atoms with E-state index in [0.29, 0.717) is 24.6 Å². The minimum atomic E-state index is -0.0657. The average molecular weight is 390 g/mol. The van der Waals surface area contributed by atoms with Crippen LogP contribution in [0, 0.1) is 5.92 Å². The largest absolute Gasteiger partial charge is 0.421 e. The molecule has 1 aromatic heterocycles. The maximum atomic E-state index is 12.3. The van der Waals surface area contributed by atoms with Gasteiger partial charge in [-0.15, -0.1) is 10.2 Å². The molecule has 1 fully saturated rings. The normalized spacial score (nSPS) is 14.7. The number of rotatable bonds is 6. The van der Waals surface area contributed by atoms with Crippen molar-refractivity contribution in [3.05, 3.63) is 60.5 Å². The molecule has 0 spiro atoms. The van der Waals surface area contributed by atoms with Gasteiger partial charge in [0.25, 0.3) is 0 Å². The van der Waals surface area contributed by atoms with Gasteiger partial charge in [0, 0.05) is 42.9 Å². The summed E-state index contributed by atoms with van der Waals surface area (Å²) < 4.78 is 5.65. The highest BCUT2D eigenvalue weighted by atomic mass is 16.4. The summed E-state index contributed by atoms with van der Waals surface area (Å²) >= 11 is 0. The third-order valence-electron chi connectivity index (χ3n) is 5.35. The predicted octanol–water partition coefficient (Wildman–Crippen LogP) is 4.54. The first-order valence-corrected chi connectivity index (χ1v) is 10.2. The van der Waals surface area contributed by atoms with Crippen LogP contribution in [0.5, 0.6) is 0 Å². The Kier molecular flexibility index (Phi) is 5.89. The Morgan fingerprint density at radius 1 is 1.07 bits per heavy atom. The summed E-state index contributed by atoms with van der Waals surface area (Å²) in [5, 5.41) is 11.0. The molecule has 0 atom stereocenters. The first-order chi connectivity index (χ1) is 14.2. The van der Waals surface area contributed by atoms with Gasteiger partial charge >= 0.3 is 0 Å². The Labute approximate surface area is 170 Å². The zero-order chi connectivity index (χ0) is 20.1. The van der Waals surface area contributed by atoms with E-state index in [1.54, 1.807) is 0 Å². The quantitative estimate of drug-likeness (QED) is 0.669. The van der Waals surface area contributed by atoms with E-state index in [1.165, 1.54) is 18.5 Å². The molecule has 6 heteroatoms. The van der Waals surface area contributed by atoms with Gasteiger partial charge in [0.05, 0.1) is 0 Å². The lowest BCUT2D eigenvalue weighted by molar-refractivity contribution is -0.116. The molecule has 29 heavy (non-hydrogen) atoms. The van der Waals surface area contributed by atoms with Gasteiger partial charge < -0.3 is 14.6 Å². The zero-order valence-corrected chi connectivity index (χ0v) is 16.7. The first-order valence-electron chi connectivity index (χ1n) is 10.2. The number of piperidine rings is 1. The minimum absolute atomic E-state index is 0.0657. The molecule has 0 bridgehead atoms. The van der Waals surface area contributed by atoms with Gasteiger partial charge in [-0.3, -0.25) is 4.79 Å². The molecule has 2 aromatic carbocycles. The van der Waals surface area contributed by atoms with Crippen LogP contribution < -0.4 is 10.2 Å². The summed E-state index contributed by atoms with van der Waals surface area (Å²) in [5.74, 6) is 1.69. The maximum Gasteiger partial charge on any atom is 0.247 e. The van der Waals surface area contributed by atoms with Crippen molar-refractivity contribution in [2.45, 2.75) is 32.6 Å². The van der Waals surface area contributed by atoms with Crippen LogP contribution >= 0.6 is 0 Å². The van der Waals surface area contributed by atoms with Crippen LogP contribution in [-0.4, -0.2) is 29.2 Å². The fraction of sp³-hybridized carbons (Fsp3) is 0.348. The molecule has 1 aliphatic rings. The number of amides is 1. The highest BCUT2D eigenvalue weighted by molar-refractivity contribution is 5.90. The second kappa shape index (κ2) is 8.90. The molecular weight excluding hydrogens is 364 g/mol. The summed E-state index contributed by atoms with van der Waals surface area (Å²) in [6.07, 6.45) is 3.18. The van der Waals surface area contributed by atoms with E-state index in [-0.39, 0.29) is 5.91 Å². The summed E-state index contributed by atoms with van der Waals surface area (Å²) in [5.41, 5.74) is 2.90. The highest BCUT2D eigenvalue weighted by Crippen LogP contribution is 2.24. The third kappa shape index (κ3) is 5.02. The molecule has 1 saturated heterocycles. The van der Waals surface area contributed by atoms with Crippen LogP contribution in [0.25, 0.3) is 11.5 Å². The third-order valence-corrected chi connectivity index (χ3v) is 5.35. The van der Waals surface area contributed by atoms with E-state index in [0.717, 1.165) is 30.3 Å². The molecule has 150 valence electrons. The van der Waals surface area contributed by atoms with Gasteiger partial charge in [-0.25, -0.2) is 0 Å². The number of aryl methyl sites for hydroxylation is 1. The van der Waals surface area contributed by atoms with E-state index in [1.807, 2.05) is 42.5 Å². The Bertz CT molecular complexity index is 929. The number of hydrogen-bond donors (Lipinski definition) is 1. The maximum absolute atomic E-state index is 12.3. The Morgan fingerprint density at radius 2 is 1.79 bits per heavy atom. The molecule has 0 saturated carbocycles. The lowest BCUT2D eigenvalue weighted by Gasteiger charge is -2.32. The van der Waals surface area contributed by atoms with E-state index in [9.17, 15) is 4.79 Å². The summed E-state index contributed by atoms with van der Waals surface area (Å²) in [7, 11) is 0. The molecular formula is C23H26N4O2. The number of carbonyl (C=O) groups excluding carboxylic acids is 1. The van der Waals surface area contributed by atoms with Crippen LogP contribution in [0.4, 0.5) is 11.4 Å². The molecule has 4 rings (SSSR count). The minimum Gasteiger partial charge on any atom is -0.421 e. The van der Waals surface area contributed by atoms with Gasteiger partial charge in [0.2, 0.25) is 17.7 Å². The van der Waals surface area contributed by atoms with Crippen molar-refractivity contribution >= 4 is 17.3 Å². The van der Waals surface area contributed by atoms with E-state index in [2.05, 4.69) is 39.5 Å². The van der Waals surface area contributed by atoms with Crippen LogP contribution in [0.15, 0.2) is 59.0 Å². The molecule has 6 nitrogen and oxygen atoms in total. The van der Waals surface area contributed by atoms with Crippen LogP contribution in [0.3, 0.4) is 0 Å². The Hall–Kier alpha value is -3.15. The molecule has 1 aliphatic heterocycles. The van der Waals surface area contributed by atoms with Gasteiger partial charge in [0.15, 0.2) is 0 Å². The van der Waals surface area contributed by atoms with Crippen molar-refractivity contribution in [3.8, 4) is 11.5 Å². The smallest absolute Gasteiger partial charge is 0.247 e. The number of benzene rings is 2. The van der Waals surface area contributed by atoms with E-state index in [4.69, 9.17) is 4.42 Å². The van der Waals surface area contributed by atoms with Crippen LogP contribution in [-0.2, 0) is 11.2 Å². The Morgan fingerprint density at radius 3 is 2.52 bits per heavy atom. The monoisotopic (exact) mass is 390 g/mol. The van der Waals surface area contributed by atoms with Gasteiger partial charge in [-0.1, -0.05) is 25.1 Å². The Balaban J connectivity index is 1.27. The highest BCUT2D eigenvalue weighted by Gasteiger charge is 2.16. The lowest BCUT2D eigenvalue weighted by atomic mass is 9.99. The second-order valence-electron chi connectivity index (χ2n) is 7.63. The average Bonchev–Trinajstić information content (AvgIpc) is 3.23. The fourth-order valence-electron chi connectivity index (χ4n) is 3.52. The number of nitrogens with zero attached hydrogens (tertiary/aromatic N) is 3. The van der Waals surface area contributed by atoms with E-state index < -0.39 is 0 Å². The number of aromatic nitrogens is 2. The molecule has 0 radical (unpaired) electrons. The number of hydrogen-bond acceptors (Lipinski definition) is 5. The van der Waals surface area contributed by atoms with Gasteiger partial charge in [0.1, 0.15) is 0 Å². The van der Waals surface area contributed by atoms with Gasteiger partial charge in [-0.05, 0) is 55.2 Å². The summed E-state index contributed by atoms with van der Waals surface area (Å²) in [6, 6.07) is 17.7. The topological polar surface area (TPSA) is 71.3 Å². The van der Waals surface area contributed by atoms with Crippen molar-refractivity contribution in [3.63, 3.8) is 0 Å². The second-order valence-corrected chi connectivity index (χ2v) is 7.63. The molecule has 1 amide bonds.